The van der Waals surface area contributed by atoms with E-state index in [1.54, 1.807) is 16.7 Å². The van der Waals surface area contributed by atoms with Crippen molar-refractivity contribution in [1.82, 2.24) is 15.1 Å². The highest BCUT2D eigenvalue weighted by molar-refractivity contribution is 7.99. The van der Waals surface area contributed by atoms with Gasteiger partial charge < -0.3 is 15.1 Å². The number of nitrogens with zero attached hydrogens (tertiary/aromatic N) is 2. The van der Waals surface area contributed by atoms with Gasteiger partial charge in [0.05, 0.1) is 0 Å². The largest absolute Gasteiger partial charge is 0.336 e. The predicted molar refractivity (Wildman–Crippen MR) is 93.5 cm³/mol. The minimum Gasteiger partial charge on any atom is -0.336 e. The van der Waals surface area contributed by atoms with E-state index in [-0.39, 0.29) is 6.03 Å². The van der Waals surface area contributed by atoms with Gasteiger partial charge in [0, 0.05) is 36.8 Å². The second-order valence-corrected chi connectivity index (χ2v) is 7.07. The van der Waals surface area contributed by atoms with Crippen LogP contribution >= 0.6 is 11.8 Å². The number of piperidine rings is 1. The predicted octanol–water partition coefficient (Wildman–Crippen LogP) is 2.90. The zero-order valence-corrected chi connectivity index (χ0v) is 14.4. The molecular weight excluding hydrogens is 294 g/mol. The Balaban J connectivity index is 1.64. The molecule has 1 atom stereocenters. The van der Waals surface area contributed by atoms with Crippen LogP contribution < -0.4 is 5.32 Å². The van der Waals surface area contributed by atoms with Crippen LogP contribution in [0.5, 0.6) is 0 Å². The molecule has 1 fully saturated rings. The summed E-state index contributed by atoms with van der Waals surface area (Å²) in [5.41, 5.74) is 0. The third-order valence-corrected chi connectivity index (χ3v) is 5.19. The minimum atomic E-state index is 0.0348. The van der Waals surface area contributed by atoms with Crippen molar-refractivity contribution in [2.24, 2.45) is 0 Å². The first-order valence-electron chi connectivity index (χ1n) is 8.04. The maximum Gasteiger partial charge on any atom is 0.317 e. The zero-order chi connectivity index (χ0) is 15.8. The third kappa shape index (κ3) is 5.54. The maximum absolute atomic E-state index is 12.1. The fraction of sp³-hybridized carbons (Fsp3) is 0.588. The van der Waals surface area contributed by atoms with Crippen LogP contribution in [0.1, 0.15) is 19.3 Å². The lowest BCUT2D eigenvalue weighted by atomic mass is 10.0. The first-order valence-corrected chi connectivity index (χ1v) is 9.02. The monoisotopic (exact) mass is 321 g/mol. The van der Waals surface area contributed by atoms with Gasteiger partial charge in [0.15, 0.2) is 0 Å². The Hall–Kier alpha value is -1.20. The SMILES string of the molecule is CN(CCSc1ccccc1)C(=O)NC[C@H]1CCCCN1C. The van der Waals surface area contributed by atoms with Gasteiger partial charge in [0.2, 0.25) is 0 Å². The van der Waals surface area contributed by atoms with Crippen molar-refractivity contribution in [3.05, 3.63) is 30.3 Å². The number of nitrogens with one attached hydrogen (secondary N) is 1. The number of likely N-dealkylation sites (tertiary alicyclic amines) is 1. The number of carbonyl (C=O) groups is 1. The average Bonchev–Trinajstić information content (AvgIpc) is 2.54. The lowest BCUT2D eigenvalue weighted by Crippen LogP contribution is -2.47. The number of thioether (sulfide) groups is 1. The Morgan fingerprint density at radius 3 is 2.86 bits per heavy atom. The normalized spacial score (nSPS) is 18.9. The fourth-order valence-corrected chi connectivity index (χ4v) is 3.61. The van der Waals surface area contributed by atoms with Gasteiger partial charge in [-0.25, -0.2) is 4.79 Å². The number of carbonyl (C=O) groups excluding carboxylic acids is 1. The van der Waals surface area contributed by atoms with E-state index in [0.717, 1.165) is 25.4 Å². The highest BCUT2D eigenvalue weighted by Crippen LogP contribution is 2.17. The van der Waals surface area contributed by atoms with E-state index in [1.807, 2.05) is 25.2 Å². The molecule has 5 heteroatoms. The highest BCUT2D eigenvalue weighted by atomic mass is 32.2. The standard InChI is InChI=1S/C17H27N3OS/c1-19-11-7-6-8-15(19)14-18-17(21)20(2)12-13-22-16-9-4-3-5-10-16/h3-5,9-10,15H,6-8,11-14H2,1-2H3,(H,18,21)/t15-/m1/s1. The van der Waals surface area contributed by atoms with Gasteiger partial charge >= 0.3 is 6.03 Å². The summed E-state index contributed by atoms with van der Waals surface area (Å²) in [7, 11) is 4.02. The van der Waals surface area contributed by atoms with Crippen LogP contribution in [-0.4, -0.2) is 61.4 Å². The fourth-order valence-electron chi connectivity index (χ4n) is 2.66. The molecule has 122 valence electrons. The van der Waals surface area contributed by atoms with Gasteiger partial charge in [-0.1, -0.05) is 24.6 Å². The summed E-state index contributed by atoms with van der Waals surface area (Å²) in [6.07, 6.45) is 3.73. The Morgan fingerprint density at radius 1 is 1.36 bits per heavy atom. The minimum absolute atomic E-state index is 0.0348. The molecule has 0 radical (unpaired) electrons. The van der Waals surface area contributed by atoms with Crippen molar-refractivity contribution in [3.8, 4) is 0 Å². The van der Waals surface area contributed by atoms with Gasteiger partial charge in [-0.2, -0.15) is 0 Å². The lowest BCUT2D eigenvalue weighted by Gasteiger charge is -2.33. The summed E-state index contributed by atoms with van der Waals surface area (Å²) in [4.78, 5) is 17.5. The third-order valence-electron chi connectivity index (χ3n) is 4.20. The van der Waals surface area contributed by atoms with E-state index in [9.17, 15) is 4.79 Å². The smallest absolute Gasteiger partial charge is 0.317 e. The highest BCUT2D eigenvalue weighted by Gasteiger charge is 2.19. The van der Waals surface area contributed by atoms with Gasteiger partial charge in [0.1, 0.15) is 0 Å². The van der Waals surface area contributed by atoms with Crippen LogP contribution in [0.25, 0.3) is 0 Å². The van der Waals surface area contributed by atoms with E-state index in [2.05, 4.69) is 29.4 Å². The number of urea groups is 1. The van der Waals surface area contributed by atoms with Gasteiger partial charge in [0.25, 0.3) is 0 Å². The molecule has 22 heavy (non-hydrogen) atoms. The molecule has 1 aromatic carbocycles. The Bertz CT molecular complexity index is 454. The van der Waals surface area contributed by atoms with E-state index < -0.39 is 0 Å². The summed E-state index contributed by atoms with van der Waals surface area (Å²) in [6.45, 7) is 2.65. The van der Waals surface area contributed by atoms with Crippen LogP contribution in [-0.2, 0) is 0 Å². The number of hydrogen-bond donors (Lipinski definition) is 1. The molecule has 1 aromatic rings. The second-order valence-electron chi connectivity index (χ2n) is 5.90. The van der Waals surface area contributed by atoms with Crippen molar-refractivity contribution in [2.45, 2.75) is 30.2 Å². The van der Waals surface area contributed by atoms with Crippen LogP contribution in [0.4, 0.5) is 4.79 Å². The molecule has 1 saturated heterocycles. The van der Waals surface area contributed by atoms with Crippen LogP contribution in [0.15, 0.2) is 35.2 Å². The summed E-state index contributed by atoms with van der Waals surface area (Å²) in [5, 5.41) is 3.07. The van der Waals surface area contributed by atoms with Gasteiger partial charge in [-0.15, -0.1) is 11.8 Å². The molecule has 0 aliphatic carbocycles. The number of amides is 2. The van der Waals surface area contributed by atoms with E-state index >= 15 is 0 Å². The van der Waals surface area contributed by atoms with Gasteiger partial charge in [-0.3, -0.25) is 0 Å². The van der Waals surface area contributed by atoms with Crippen LogP contribution in [0.3, 0.4) is 0 Å². The molecule has 0 spiro atoms. The summed E-state index contributed by atoms with van der Waals surface area (Å²) in [5.74, 6) is 0.914. The first-order chi connectivity index (χ1) is 10.7. The molecule has 0 bridgehead atoms. The van der Waals surface area contributed by atoms with Crippen LogP contribution in [0.2, 0.25) is 0 Å². The number of hydrogen-bond acceptors (Lipinski definition) is 3. The van der Waals surface area contributed by atoms with Crippen molar-refractivity contribution in [1.29, 1.82) is 0 Å². The van der Waals surface area contributed by atoms with Crippen LogP contribution in [0, 0.1) is 0 Å². The van der Waals surface area contributed by atoms with Gasteiger partial charge in [-0.05, 0) is 38.6 Å². The van der Waals surface area contributed by atoms with Crippen molar-refractivity contribution in [2.75, 3.05) is 39.5 Å². The summed E-state index contributed by atoms with van der Waals surface area (Å²) in [6, 6.07) is 10.8. The molecule has 4 nitrogen and oxygen atoms in total. The van der Waals surface area contributed by atoms with E-state index in [0.29, 0.717) is 6.04 Å². The second kappa shape index (κ2) is 9.06. The molecule has 0 unspecified atom stereocenters. The molecule has 2 rings (SSSR count). The summed E-state index contributed by atoms with van der Waals surface area (Å²) >= 11 is 1.78. The van der Waals surface area contributed by atoms with Crippen molar-refractivity contribution >= 4 is 17.8 Å². The topological polar surface area (TPSA) is 35.6 Å². The Morgan fingerprint density at radius 2 is 2.14 bits per heavy atom. The number of likely N-dealkylation sites (N-methyl/N-ethyl adjacent to an activating group) is 1. The zero-order valence-electron chi connectivity index (χ0n) is 13.6. The quantitative estimate of drug-likeness (QED) is 0.818. The Kier molecular flexibility index (Phi) is 7.06. The molecule has 0 saturated carbocycles. The first kappa shape index (κ1) is 17.2. The Labute approximate surface area is 138 Å². The molecule has 1 aliphatic heterocycles. The molecule has 1 N–H and O–H groups in total. The van der Waals surface area contributed by atoms with Crippen molar-refractivity contribution < 1.29 is 4.79 Å². The molecule has 0 aromatic heterocycles. The number of rotatable bonds is 6. The van der Waals surface area contributed by atoms with E-state index in [4.69, 9.17) is 0 Å². The average molecular weight is 321 g/mol. The lowest BCUT2D eigenvalue weighted by molar-refractivity contribution is 0.173. The molecule has 1 aliphatic rings. The maximum atomic E-state index is 12.1. The van der Waals surface area contributed by atoms with Crippen molar-refractivity contribution in [3.63, 3.8) is 0 Å². The van der Waals surface area contributed by atoms with E-state index in [1.165, 1.54) is 24.2 Å². The molecular formula is C17H27N3OS. The summed E-state index contributed by atoms with van der Waals surface area (Å²) < 4.78 is 0. The molecule has 2 amide bonds. The number of benzene rings is 1. The molecule has 1 heterocycles.